The first-order valence-corrected chi connectivity index (χ1v) is 6.58. The maximum atomic E-state index is 4.68. The lowest BCUT2D eigenvalue weighted by molar-refractivity contribution is 0.768. The number of rotatable bonds is 6. The van der Waals surface area contributed by atoms with Crippen LogP contribution in [0.3, 0.4) is 0 Å². The van der Waals surface area contributed by atoms with Gasteiger partial charge in [0.25, 0.3) is 0 Å². The molecule has 0 amide bonds. The van der Waals surface area contributed by atoms with Gasteiger partial charge in [-0.15, -0.1) is 0 Å². The zero-order valence-corrected chi connectivity index (χ0v) is 11.5. The number of anilines is 1. The third kappa shape index (κ3) is 3.76. The highest BCUT2D eigenvalue weighted by molar-refractivity contribution is 5.40. The number of nitrogens with one attached hydrogen (secondary N) is 1. The van der Waals surface area contributed by atoms with E-state index in [0.717, 1.165) is 31.1 Å². The molecule has 0 spiro atoms. The molecule has 0 radical (unpaired) electrons. The Morgan fingerprint density at radius 2 is 1.95 bits per heavy atom. The first-order valence-electron chi connectivity index (χ1n) is 6.58. The van der Waals surface area contributed by atoms with Gasteiger partial charge >= 0.3 is 0 Å². The molecular weight excluding hydrogens is 236 g/mol. The summed E-state index contributed by atoms with van der Waals surface area (Å²) in [4.78, 5) is 11.0. The second kappa shape index (κ2) is 6.85. The van der Waals surface area contributed by atoms with Crippen LogP contribution in [0, 0.1) is 0 Å². The first-order chi connectivity index (χ1) is 9.33. The van der Waals surface area contributed by atoms with Crippen LogP contribution in [0.1, 0.15) is 18.2 Å². The molecule has 0 bridgehead atoms. The van der Waals surface area contributed by atoms with Crippen molar-refractivity contribution in [2.45, 2.75) is 20.0 Å². The molecule has 0 atom stereocenters. The van der Waals surface area contributed by atoms with Crippen LogP contribution in [-0.4, -0.2) is 23.6 Å². The summed E-state index contributed by atoms with van der Waals surface area (Å²) in [6, 6.07) is 10.2. The molecule has 0 unspecified atom stereocenters. The lowest BCUT2D eigenvalue weighted by Gasteiger charge is -2.22. The molecule has 2 aromatic heterocycles. The average Bonchev–Trinajstić information content (AvgIpc) is 2.46. The summed E-state index contributed by atoms with van der Waals surface area (Å²) in [5, 5.41) is 3.13. The molecule has 2 heterocycles. The van der Waals surface area contributed by atoms with Gasteiger partial charge in [0.05, 0.1) is 5.69 Å². The van der Waals surface area contributed by atoms with Gasteiger partial charge in [-0.1, -0.05) is 6.07 Å². The summed E-state index contributed by atoms with van der Waals surface area (Å²) in [5.74, 6) is 1.02. The Labute approximate surface area is 114 Å². The number of hydrogen-bond donors (Lipinski definition) is 1. The van der Waals surface area contributed by atoms with Crippen LogP contribution in [0.15, 0.2) is 42.7 Å². The van der Waals surface area contributed by atoms with E-state index < -0.39 is 0 Å². The normalized spacial score (nSPS) is 10.4. The predicted octanol–water partition coefficient (Wildman–Crippen LogP) is 2.22. The molecule has 2 rings (SSSR count). The molecule has 100 valence electrons. The quantitative estimate of drug-likeness (QED) is 0.860. The highest BCUT2D eigenvalue weighted by Gasteiger charge is 2.07. The van der Waals surface area contributed by atoms with Crippen molar-refractivity contribution in [2.75, 3.05) is 18.5 Å². The van der Waals surface area contributed by atoms with E-state index in [0.29, 0.717) is 0 Å². The van der Waals surface area contributed by atoms with Crippen molar-refractivity contribution in [3.05, 3.63) is 54.0 Å². The topological polar surface area (TPSA) is 41.1 Å². The molecule has 0 saturated carbocycles. The second-order valence-electron chi connectivity index (χ2n) is 4.39. The van der Waals surface area contributed by atoms with Gasteiger partial charge in [-0.05, 0) is 43.8 Å². The zero-order chi connectivity index (χ0) is 13.5. The van der Waals surface area contributed by atoms with Gasteiger partial charge in [-0.25, -0.2) is 4.98 Å². The van der Waals surface area contributed by atoms with E-state index in [2.05, 4.69) is 39.2 Å². The molecule has 19 heavy (non-hydrogen) atoms. The second-order valence-corrected chi connectivity index (χ2v) is 4.39. The Morgan fingerprint density at radius 3 is 2.63 bits per heavy atom. The molecule has 0 aliphatic carbocycles. The average molecular weight is 256 g/mol. The van der Waals surface area contributed by atoms with E-state index in [1.54, 1.807) is 0 Å². The van der Waals surface area contributed by atoms with Crippen LogP contribution in [-0.2, 0) is 13.1 Å². The molecule has 0 aliphatic rings. The largest absolute Gasteiger partial charge is 0.353 e. The number of nitrogens with zero attached hydrogens (tertiary/aromatic N) is 3. The maximum Gasteiger partial charge on any atom is 0.129 e. The minimum Gasteiger partial charge on any atom is -0.353 e. The van der Waals surface area contributed by atoms with E-state index in [1.807, 2.05) is 37.6 Å². The van der Waals surface area contributed by atoms with Crippen molar-refractivity contribution < 1.29 is 0 Å². The van der Waals surface area contributed by atoms with Gasteiger partial charge in [0, 0.05) is 32.0 Å². The van der Waals surface area contributed by atoms with Gasteiger partial charge in [0.2, 0.25) is 0 Å². The Morgan fingerprint density at radius 1 is 1.16 bits per heavy atom. The maximum absolute atomic E-state index is 4.68. The zero-order valence-electron chi connectivity index (χ0n) is 11.5. The van der Waals surface area contributed by atoms with E-state index in [-0.39, 0.29) is 0 Å². The van der Waals surface area contributed by atoms with Gasteiger partial charge in [0.15, 0.2) is 0 Å². The lowest BCUT2D eigenvalue weighted by Crippen LogP contribution is -2.23. The molecular formula is C15H20N4. The molecule has 0 aromatic carbocycles. The fourth-order valence-corrected chi connectivity index (χ4v) is 1.99. The van der Waals surface area contributed by atoms with E-state index in [4.69, 9.17) is 0 Å². The third-order valence-corrected chi connectivity index (χ3v) is 2.98. The highest BCUT2D eigenvalue weighted by Crippen LogP contribution is 2.14. The molecule has 2 aromatic rings. The molecule has 1 N–H and O–H groups in total. The Balaban J connectivity index is 2.15. The van der Waals surface area contributed by atoms with Gasteiger partial charge < -0.3 is 10.2 Å². The SMILES string of the molecule is CCN(Cc1ccncc1)c1cccc(CNC)n1. The highest BCUT2D eigenvalue weighted by atomic mass is 15.2. The minimum atomic E-state index is 0.792. The summed E-state index contributed by atoms with van der Waals surface area (Å²) in [7, 11) is 1.93. The molecule has 0 fully saturated rings. The van der Waals surface area contributed by atoms with Crippen LogP contribution < -0.4 is 10.2 Å². The Bertz CT molecular complexity index is 499. The summed E-state index contributed by atoms with van der Waals surface area (Å²) < 4.78 is 0. The van der Waals surface area contributed by atoms with Gasteiger partial charge in [-0.2, -0.15) is 0 Å². The smallest absolute Gasteiger partial charge is 0.129 e. The summed E-state index contributed by atoms with van der Waals surface area (Å²) in [6.07, 6.45) is 3.65. The van der Waals surface area contributed by atoms with Gasteiger partial charge in [-0.3, -0.25) is 4.98 Å². The van der Waals surface area contributed by atoms with Crippen LogP contribution >= 0.6 is 0 Å². The molecule has 4 nitrogen and oxygen atoms in total. The summed E-state index contributed by atoms with van der Waals surface area (Å²) >= 11 is 0. The standard InChI is InChI=1S/C15H20N4/c1-3-19(12-13-7-9-17-10-8-13)15-6-4-5-14(18-15)11-16-2/h4-10,16H,3,11-12H2,1-2H3. The van der Waals surface area contributed by atoms with Crippen LogP contribution in [0.4, 0.5) is 5.82 Å². The van der Waals surface area contributed by atoms with Crippen molar-refractivity contribution in [3.63, 3.8) is 0 Å². The molecule has 4 heteroatoms. The number of aromatic nitrogens is 2. The fraction of sp³-hybridized carbons (Fsp3) is 0.333. The Kier molecular flexibility index (Phi) is 4.86. The van der Waals surface area contributed by atoms with Crippen LogP contribution in [0.5, 0.6) is 0 Å². The van der Waals surface area contributed by atoms with E-state index in [1.165, 1.54) is 5.56 Å². The van der Waals surface area contributed by atoms with E-state index in [9.17, 15) is 0 Å². The van der Waals surface area contributed by atoms with Crippen molar-refractivity contribution in [2.24, 2.45) is 0 Å². The van der Waals surface area contributed by atoms with E-state index >= 15 is 0 Å². The Hall–Kier alpha value is -1.94. The summed E-state index contributed by atoms with van der Waals surface area (Å²) in [5.41, 5.74) is 2.31. The van der Waals surface area contributed by atoms with Crippen molar-refractivity contribution >= 4 is 5.82 Å². The predicted molar refractivity (Wildman–Crippen MR) is 78.0 cm³/mol. The number of hydrogen-bond acceptors (Lipinski definition) is 4. The van der Waals surface area contributed by atoms with Crippen LogP contribution in [0.2, 0.25) is 0 Å². The van der Waals surface area contributed by atoms with Crippen LogP contribution in [0.25, 0.3) is 0 Å². The van der Waals surface area contributed by atoms with Crippen molar-refractivity contribution in [3.8, 4) is 0 Å². The van der Waals surface area contributed by atoms with Crippen molar-refractivity contribution in [1.29, 1.82) is 0 Å². The minimum absolute atomic E-state index is 0.792. The lowest BCUT2D eigenvalue weighted by atomic mass is 10.2. The number of pyridine rings is 2. The van der Waals surface area contributed by atoms with Crippen molar-refractivity contribution in [1.82, 2.24) is 15.3 Å². The fourth-order valence-electron chi connectivity index (χ4n) is 1.99. The first kappa shape index (κ1) is 13.5. The molecule has 0 aliphatic heterocycles. The monoisotopic (exact) mass is 256 g/mol. The summed E-state index contributed by atoms with van der Waals surface area (Å²) in [6.45, 7) is 4.72. The third-order valence-electron chi connectivity index (χ3n) is 2.98. The van der Waals surface area contributed by atoms with Gasteiger partial charge in [0.1, 0.15) is 5.82 Å². The molecule has 0 saturated heterocycles.